The Morgan fingerprint density at radius 3 is 2.93 bits per heavy atom. The first-order valence-electron chi connectivity index (χ1n) is 4.50. The molecule has 1 aromatic carbocycles. The minimum Gasteiger partial charge on any atom is -0.497 e. The number of carbonyl (C=O) groups excluding carboxylic acids is 1. The summed E-state index contributed by atoms with van der Waals surface area (Å²) in [4.78, 5) is 14.0. The molecule has 0 atom stereocenters. The highest BCUT2D eigenvalue weighted by Crippen LogP contribution is 2.21. The van der Waals surface area contributed by atoms with E-state index in [-0.39, 0.29) is 0 Å². The second-order valence-electron chi connectivity index (χ2n) is 3.19. The number of nitrogens with one attached hydrogen (secondary N) is 1. The first kappa shape index (κ1) is 9.71. The minimum atomic E-state index is -0.982. The van der Waals surface area contributed by atoms with Gasteiger partial charge in [0.25, 0.3) is 0 Å². The molecule has 1 heterocycles. The number of ether oxygens (including phenoxy) is 1. The lowest BCUT2D eigenvalue weighted by Crippen LogP contribution is -2.00. The molecule has 0 bridgehead atoms. The van der Waals surface area contributed by atoms with Crippen molar-refractivity contribution in [2.45, 2.75) is 0 Å². The maximum atomic E-state index is 12.2. The molecule has 0 aliphatic carbocycles. The summed E-state index contributed by atoms with van der Waals surface area (Å²) in [6.45, 7) is -0.982. The van der Waals surface area contributed by atoms with Crippen molar-refractivity contribution in [3.8, 4) is 5.75 Å². The fraction of sp³-hybridized carbons (Fsp3) is 0.182. The molecule has 0 unspecified atom stereocenters. The van der Waals surface area contributed by atoms with E-state index in [0.717, 1.165) is 10.9 Å². The van der Waals surface area contributed by atoms with Crippen molar-refractivity contribution in [3.63, 3.8) is 0 Å². The summed E-state index contributed by atoms with van der Waals surface area (Å²) in [5.41, 5.74) is 1.09. The summed E-state index contributed by atoms with van der Waals surface area (Å²) in [5.74, 6) is 0.172. The molecule has 0 saturated heterocycles. The van der Waals surface area contributed by atoms with E-state index in [4.69, 9.17) is 4.74 Å². The Balaban J connectivity index is 2.51. The van der Waals surface area contributed by atoms with Gasteiger partial charge in [-0.2, -0.15) is 0 Å². The Morgan fingerprint density at radius 1 is 1.47 bits per heavy atom. The van der Waals surface area contributed by atoms with E-state index >= 15 is 0 Å². The van der Waals surface area contributed by atoms with Crippen LogP contribution in [-0.2, 0) is 0 Å². The molecular weight excluding hydrogens is 197 g/mol. The van der Waals surface area contributed by atoms with Crippen molar-refractivity contribution in [2.24, 2.45) is 0 Å². The molecule has 0 saturated carbocycles. The summed E-state index contributed by atoms with van der Waals surface area (Å²) >= 11 is 0. The molecule has 0 radical (unpaired) electrons. The third-order valence-corrected chi connectivity index (χ3v) is 2.25. The maximum absolute atomic E-state index is 12.2. The second kappa shape index (κ2) is 3.73. The smallest absolute Gasteiger partial charge is 0.209 e. The highest BCUT2D eigenvalue weighted by Gasteiger charge is 2.09. The number of rotatable bonds is 3. The van der Waals surface area contributed by atoms with E-state index in [1.54, 1.807) is 31.4 Å². The van der Waals surface area contributed by atoms with Gasteiger partial charge in [-0.05, 0) is 24.3 Å². The zero-order chi connectivity index (χ0) is 10.8. The Hall–Kier alpha value is -1.84. The number of hydrogen-bond donors (Lipinski definition) is 1. The molecule has 1 aromatic heterocycles. The summed E-state index contributed by atoms with van der Waals surface area (Å²) in [6.07, 6.45) is 0. The molecule has 2 aromatic rings. The first-order chi connectivity index (χ1) is 7.24. The number of fused-ring (bicyclic) bond motifs is 1. The van der Waals surface area contributed by atoms with Crippen molar-refractivity contribution in [1.82, 2.24) is 4.98 Å². The number of carbonyl (C=O) groups is 1. The maximum Gasteiger partial charge on any atom is 0.209 e. The average Bonchev–Trinajstić information content (AvgIpc) is 2.70. The number of methoxy groups -OCH3 is 1. The van der Waals surface area contributed by atoms with Gasteiger partial charge in [0.2, 0.25) is 5.78 Å². The van der Waals surface area contributed by atoms with Gasteiger partial charge in [0.15, 0.2) is 6.67 Å². The number of hydrogen-bond acceptors (Lipinski definition) is 2. The highest BCUT2D eigenvalue weighted by molar-refractivity contribution is 6.00. The van der Waals surface area contributed by atoms with Crippen LogP contribution in [0.3, 0.4) is 0 Å². The van der Waals surface area contributed by atoms with E-state index < -0.39 is 12.5 Å². The Kier molecular flexibility index (Phi) is 2.41. The van der Waals surface area contributed by atoms with Gasteiger partial charge in [0.05, 0.1) is 12.8 Å². The highest BCUT2D eigenvalue weighted by atomic mass is 19.1. The summed E-state index contributed by atoms with van der Waals surface area (Å²) in [6, 6.07) is 6.99. The number of halogens is 1. The number of H-pyrrole nitrogens is 1. The van der Waals surface area contributed by atoms with Crippen LogP contribution in [0.15, 0.2) is 24.3 Å². The van der Waals surface area contributed by atoms with Gasteiger partial charge in [0.1, 0.15) is 5.75 Å². The third-order valence-electron chi connectivity index (χ3n) is 2.25. The van der Waals surface area contributed by atoms with Gasteiger partial charge in [-0.3, -0.25) is 4.79 Å². The average molecular weight is 207 g/mol. The quantitative estimate of drug-likeness (QED) is 0.785. The minimum absolute atomic E-state index is 0.292. The van der Waals surface area contributed by atoms with Crippen LogP contribution in [0, 0.1) is 0 Å². The number of Topliss-reactive ketones (excluding diaryl/α,β-unsaturated/α-hetero) is 1. The molecule has 3 nitrogen and oxygen atoms in total. The van der Waals surface area contributed by atoms with E-state index in [0.29, 0.717) is 11.4 Å². The van der Waals surface area contributed by atoms with Gasteiger partial charge >= 0.3 is 0 Å². The molecule has 15 heavy (non-hydrogen) atoms. The largest absolute Gasteiger partial charge is 0.497 e. The number of benzene rings is 1. The van der Waals surface area contributed by atoms with Crippen molar-refractivity contribution < 1.29 is 13.9 Å². The van der Waals surface area contributed by atoms with Crippen molar-refractivity contribution in [2.75, 3.05) is 13.8 Å². The third kappa shape index (κ3) is 1.70. The van der Waals surface area contributed by atoms with Gasteiger partial charge in [-0.1, -0.05) is 0 Å². The summed E-state index contributed by atoms with van der Waals surface area (Å²) in [7, 11) is 1.57. The number of aromatic amines is 1. The van der Waals surface area contributed by atoms with E-state index in [1.807, 2.05) is 0 Å². The second-order valence-corrected chi connectivity index (χ2v) is 3.19. The number of ketones is 1. The molecule has 2 rings (SSSR count). The predicted molar refractivity (Wildman–Crippen MR) is 55.2 cm³/mol. The van der Waals surface area contributed by atoms with Gasteiger partial charge in [-0.15, -0.1) is 0 Å². The van der Waals surface area contributed by atoms with E-state index in [1.165, 1.54) is 0 Å². The molecule has 0 spiro atoms. The van der Waals surface area contributed by atoms with Crippen LogP contribution in [0.2, 0.25) is 0 Å². The standard InChI is InChI=1S/C11H10FNO2/c1-15-8-2-3-9-7(4-8)5-10(13-9)11(14)6-12/h2-5,13H,6H2,1H3. The van der Waals surface area contributed by atoms with Crippen molar-refractivity contribution in [3.05, 3.63) is 30.0 Å². The SMILES string of the molecule is COc1ccc2[nH]c(C(=O)CF)cc2c1. The van der Waals surface area contributed by atoms with Crippen molar-refractivity contribution in [1.29, 1.82) is 0 Å². The van der Waals surface area contributed by atoms with Crippen molar-refractivity contribution >= 4 is 16.7 Å². The fourth-order valence-corrected chi connectivity index (χ4v) is 1.46. The van der Waals surface area contributed by atoms with Crippen LogP contribution in [-0.4, -0.2) is 24.6 Å². The molecule has 4 heteroatoms. The zero-order valence-electron chi connectivity index (χ0n) is 8.21. The Labute approximate surface area is 85.9 Å². The van der Waals surface area contributed by atoms with Gasteiger partial charge in [0, 0.05) is 10.9 Å². The summed E-state index contributed by atoms with van der Waals surface area (Å²) in [5, 5.41) is 0.839. The van der Waals surface area contributed by atoms with Crippen LogP contribution in [0.5, 0.6) is 5.75 Å². The number of alkyl halides is 1. The monoisotopic (exact) mass is 207 g/mol. The molecule has 1 N–H and O–H groups in total. The van der Waals surface area contributed by atoms with E-state index in [9.17, 15) is 9.18 Å². The lowest BCUT2D eigenvalue weighted by atomic mass is 10.2. The number of aromatic nitrogens is 1. The van der Waals surface area contributed by atoms with Crippen LogP contribution in [0.1, 0.15) is 10.5 Å². The van der Waals surface area contributed by atoms with Crippen LogP contribution < -0.4 is 4.74 Å². The molecule has 0 fully saturated rings. The molecule has 0 aliphatic heterocycles. The lowest BCUT2D eigenvalue weighted by molar-refractivity contribution is 0.0954. The first-order valence-corrected chi connectivity index (χ1v) is 4.50. The normalized spacial score (nSPS) is 10.5. The molecule has 78 valence electrons. The lowest BCUT2D eigenvalue weighted by Gasteiger charge is -1.97. The van der Waals surface area contributed by atoms with Crippen LogP contribution in [0.4, 0.5) is 4.39 Å². The molecule has 0 amide bonds. The Morgan fingerprint density at radius 2 is 2.27 bits per heavy atom. The Bertz CT molecular complexity index is 504. The van der Waals surface area contributed by atoms with Gasteiger partial charge in [-0.25, -0.2) is 4.39 Å². The van der Waals surface area contributed by atoms with Crippen LogP contribution in [0.25, 0.3) is 10.9 Å². The predicted octanol–water partition coefficient (Wildman–Crippen LogP) is 2.33. The van der Waals surface area contributed by atoms with Gasteiger partial charge < -0.3 is 9.72 Å². The fourth-order valence-electron chi connectivity index (χ4n) is 1.46. The molecular formula is C11H10FNO2. The summed E-state index contributed by atoms with van der Waals surface area (Å²) < 4.78 is 17.2. The van der Waals surface area contributed by atoms with E-state index in [2.05, 4.69) is 4.98 Å². The topological polar surface area (TPSA) is 42.1 Å². The molecule has 0 aliphatic rings. The van der Waals surface area contributed by atoms with Crippen LogP contribution >= 0.6 is 0 Å². The zero-order valence-corrected chi connectivity index (χ0v) is 8.21.